The SMILES string of the molecule is COc1ccc([C@H](C)NC(=O)COc2ccc(S(=O)(=O)NC(C)C)cc2)cc1OC. The highest BCUT2D eigenvalue weighted by atomic mass is 32.2. The number of amides is 1. The van der Waals surface area contributed by atoms with Crippen LogP contribution in [0.25, 0.3) is 0 Å². The zero-order chi connectivity index (χ0) is 22.3. The number of ether oxygens (including phenoxy) is 3. The predicted molar refractivity (Wildman–Crippen MR) is 113 cm³/mol. The maximum atomic E-state index is 12.2. The van der Waals surface area contributed by atoms with E-state index in [1.807, 2.05) is 13.0 Å². The first-order valence-corrected chi connectivity index (χ1v) is 10.9. The Kier molecular flexibility index (Phi) is 8.08. The third-order valence-corrected chi connectivity index (χ3v) is 5.85. The van der Waals surface area contributed by atoms with Gasteiger partial charge in [0.1, 0.15) is 5.75 Å². The fourth-order valence-corrected chi connectivity index (χ4v) is 3.98. The van der Waals surface area contributed by atoms with Crippen LogP contribution in [-0.4, -0.2) is 41.2 Å². The summed E-state index contributed by atoms with van der Waals surface area (Å²) in [5, 5.41) is 2.85. The molecule has 2 rings (SSSR count). The Labute approximate surface area is 177 Å². The second-order valence-corrected chi connectivity index (χ2v) is 8.65. The van der Waals surface area contributed by atoms with E-state index in [4.69, 9.17) is 14.2 Å². The van der Waals surface area contributed by atoms with E-state index in [9.17, 15) is 13.2 Å². The summed E-state index contributed by atoms with van der Waals surface area (Å²) < 4.78 is 42.7. The first-order chi connectivity index (χ1) is 14.2. The van der Waals surface area contributed by atoms with Crippen molar-refractivity contribution in [1.29, 1.82) is 0 Å². The minimum Gasteiger partial charge on any atom is -0.493 e. The van der Waals surface area contributed by atoms with Crippen molar-refractivity contribution in [2.45, 2.75) is 37.8 Å². The molecule has 8 nitrogen and oxygen atoms in total. The molecule has 0 aliphatic carbocycles. The number of sulfonamides is 1. The number of carbonyl (C=O) groups is 1. The molecule has 0 aromatic heterocycles. The molecule has 2 N–H and O–H groups in total. The third-order valence-electron chi connectivity index (χ3n) is 4.18. The summed E-state index contributed by atoms with van der Waals surface area (Å²) in [6, 6.07) is 10.8. The van der Waals surface area contributed by atoms with Gasteiger partial charge in [0.15, 0.2) is 18.1 Å². The van der Waals surface area contributed by atoms with Crippen molar-refractivity contribution >= 4 is 15.9 Å². The highest BCUT2D eigenvalue weighted by Crippen LogP contribution is 2.29. The van der Waals surface area contributed by atoms with Crippen LogP contribution in [0.4, 0.5) is 0 Å². The van der Waals surface area contributed by atoms with Crippen molar-refractivity contribution in [3.8, 4) is 17.2 Å². The third kappa shape index (κ3) is 6.36. The zero-order valence-electron chi connectivity index (χ0n) is 17.8. The van der Waals surface area contributed by atoms with Gasteiger partial charge in [0.2, 0.25) is 10.0 Å². The Balaban J connectivity index is 1.93. The van der Waals surface area contributed by atoms with E-state index in [-0.39, 0.29) is 29.5 Å². The fraction of sp³-hybridized carbons (Fsp3) is 0.381. The van der Waals surface area contributed by atoms with Crippen molar-refractivity contribution in [3.63, 3.8) is 0 Å². The number of nitrogens with one attached hydrogen (secondary N) is 2. The van der Waals surface area contributed by atoms with E-state index in [0.717, 1.165) is 5.56 Å². The lowest BCUT2D eigenvalue weighted by molar-refractivity contribution is -0.123. The zero-order valence-corrected chi connectivity index (χ0v) is 18.6. The van der Waals surface area contributed by atoms with Crippen molar-refractivity contribution < 1.29 is 27.4 Å². The second-order valence-electron chi connectivity index (χ2n) is 6.94. The molecule has 9 heteroatoms. The summed E-state index contributed by atoms with van der Waals surface area (Å²) in [4.78, 5) is 12.4. The number of methoxy groups -OCH3 is 2. The standard InChI is InChI=1S/C21H28N2O6S/c1-14(2)23-30(25,26)18-9-7-17(8-10-18)29-13-21(24)22-15(3)16-6-11-19(27-4)20(12-16)28-5/h6-12,14-15,23H,13H2,1-5H3,(H,22,24)/t15-/m0/s1. The quantitative estimate of drug-likeness (QED) is 0.594. The van der Waals surface area contributed by atoms with Gasteiger partial charge in [-0.3, -0.25) is 4.79 Å². The highest BCUT2D eigenvalue weighted by Gasteiger charge is 2.16. The molecule has 0 spiro atoms. The molecule has 0 heterocycles. The van der Waals surface area contributed by atoms with Crippen LogP contribution >= 0.6 is 0 Å². The topological polar surface area (TPSA) is 103 Å². The van der Waals surface area contributed by atoms with Gasteiger partial charge in [0, 0.05) is 6.04 Å². The molecule has 2 aromatic rings. The van der Waals surface area contributed by atoms with Crippen molar-refractivity contribution in [1.82, 2.24) is 10.0 Å². The average Bonchev–Trinajstić information content (AvgIpc) is 2.71. The summed E-state index contributed by atoms with van der Waals surface area (Å²) in [6.45, 7) is 5.14. The van der Waals surface area contributed by atoms with Crippen molar-refractivity contribution in [2.75, 3.05) is 20.8 Å². The van der Waals surface area contributed by atoms with Gasteiger partial charge < -0.3 is 19.5 Å². The molecule has 0 bridgehead atoms. The summed E-state index contributed by atoms with van der Waals surface area (Å²) in [5.41, 5.74) is 0.855. The van der Waals surface area contributed by atoms with Gasteiger partial charge in [-0.2, -0.15) is 0 Å². The monoisotopic (exact) mass is 436 g/mol. The molecule has 0 fully saturated rings. The number of hydrogen-bond acceptors (Lipinski definition) is 6. The Morgan fingerprint density at radius 1 is 0.967 bits per heavy atom. The van der Waals surface area contributed by atoms with Crippen LogP contribution in [0.15, 0.2) is 47.4 Å². The number of carbonyl (C=O) groups excluding carboxylic acids is 1. The predicted octanol–water partition coefficient (Wildman–Crippen LogP) is 2.65. The van der Waals surface area contributed by atoms with Crippen LogP contribution in [0.3, 0.4) is 0 Å². The van der Waals surface area contributed by atoms with E-state index >= 15 is 0 Å². The number of rotatable bonds is 10. The summed E-state index contributed by atoms with van der Waals surface area (Å²) in [7, 11) is -0.461. The van der Waals surface area contributed by atoms with Crippen LogP contribution in [0.5, 0.6) is 17.2 Å². The molecule has 0 saturated carbocycles. The first kappa shape index (κ1) is 23.5. The van der Waals surface area contributed by atoms with E-state index < -0.39 is 10.0 Å². The smallest absolute Gasteiger partial charge is 0.258 e. The van der Waals surface area contributed by atoms with Gasteiger partial charge in [0.05, 0.1) is 25.2 Å². The van der Waals surface area contributed by atoms with Crippen LogP contribution in [0, 0.1) is 0 Å². The highest BCUT2D eigenvalue weighted by molar-refractivity contribution is 7.89. The Bertz CT molecular complexity index is 958. The van der Waals surface area contributed by atoms with Crippen molar-refractivity contribution in [3.05, 3.63) is 48.0 Å². The van der Waals surface area contributed by atoms with Gasteiger partial charge >= 0.3 is 0 Å². The number of benzene rings is 2. The van der Waals surface area contributed by atoms with Gasteiger partial charge in [-0.15, -0.1) is 0 Å². The summed E-state index contributed by atoms with van der Waals surface area (Å²) in [6.07, 6.45) is 0. The lowest BCUT2D eigenvalue weighted by Crippen LogP contribution is -2.31. The lowest BCUT2D eigenvalue weighted by atomic mass is 10.1. The van der Waals surface area contributed by atoms with Crippen LogP contribution < -0.4 is 24.2 Å². The van der Waals surface area contributed by atoms with E-state index in [1.165, 1.54) is 24.3 Å². The maximum absolute atomic E-state index is 12.2. The molecule has 0 radical (unpaired) electrons. The van der Waals surface area contributed by atoms with E-state index in [1.54, 1.807) is 40.2 Å². The van der Waals surface area contributed by atoms with Crippen LogP contribution in [0.1, 0.15) is 32.4 Å². The van der Waals surface area contributed by atoms with E-state index in [2.05, 4.69) is 10.0 Å². The Morgan fingerprint density at radius 2 is 1.60 bits per heavy atom. The second kappa shape index (κ2) is 10.3. The molecule has 0 unspecified atom stereocenters. The van der Waals surface area contributed by atoms with Gasteiger partial charge in [0.25, 0.3) is 5.91 Å². The largest absolute Gasteiger partial charge is 0.493 e. The molecule has 2 aromatic carbocycles. The molecule has 0 aliphatic rings. The molecule has 30 heavy (non-hydrogen) atoms. The minimum absolute atomic E-state index is 0.134. The molecule has 0 saturated heterocycles. The Hall–Kier alpha value is -2.78. The van der Waals surface area contributed by atoms with Crippen LogP contribution in [-0.2, 0) is 14.8 Å². The molecular weight excluding hydrogens is 408 g/mol. The average molecular weight is 437 g/mol. The first-order valence-electron chi connectivity index (χ1n) is 9.42. The normalized spacial score (nSPS) is 12.3. The van der Waals surface area contributed by atoms with Gasteiger partial charge in [-0.1, -0.05) is 6.07 Å². The minimum atomic E-state index is -3.57. The van der Waals surface area contributed by atoms with Crippen molar-refractivity contribution in [2.24, 2.45) is 0 Å². The van der Waals surface area contributed by atoms with Crippen LogP contribution in [0.2, 0.25) is 0 Å². The van der Waals surface area contributed by atoms with Gasteiger partial charge in [-0.05, 0) is 62.7 Å². The van der Waals surface area contributed by atoms with E-state index in [0.29, 0.717) is 17.2 Å². The number of hydrogen-bond donors (Lipinski definition) is 2. The fourth-order valence-electron chi connectivity index (χ4n) is 2.73. The lowest BCUT2D eigenvalue weighted by Gasteiger charge is -2.17. The van der Waals surface area contributed by atoms with Gasteiger partial charge in [-0.25, -0.2) is 13.1 Å². The molecule has 164 valence electrons. The summed E-state index contributed by atoms with van der Waals surface area (Å²) in [5.74, 6) is 1.27. The Morgan fingerprint density at radius 3 is 2.17 bits per heavy atom. The molecule has 0 aliphatic heterocycles. The maximum Gasteiger partial charge on any atom is 0.258 e. The molecule has 1 amide bonds. The summed E-state index contributed by atoms with van der Waals surface area (Å²) >= 11 is 0. The molecular formula is C21H28N2O6S. The molecule has 1 atom stereocenters.